The lowest BCUT2D eigenvalue weighted by Crippen LogP contribution is -2.26. The summed E-state index contributed by atoms with van der Waals surface area (Å²) in [7, 11) is -3.42. The van der Waals surface area contributed by atoms with Crippen molar-refractivity contribution in [3.05, 3.63) is 40.3 Å². The fourth-order valence-corrected chi connectivity index (χ4v) is 2.96. The van der Waals surface area contributed by atoms with E-state index in [4.69, 9.17) is 6.42 Å². The number of aryl methyl sites for hydroxylation is 1. The molecule has 1 aromatic rings. The van der Waals surface area contributed by atoms with Crippen LogP contribution in [-0.4, -0.2) is 15.0 Å². The van der Waals surface area contributed by atoms with E-state index in [1.54, 1.807) is 6.08 Å². The van der Waals surface area contributed by atoms with Crippen molar-refractivity contribution in [1.29, 1.82) is 0 Å². The van der Waals surface area contributed by atoms with Gasteiger partial charge in [0, 0.05) is 0 Å². The predicted octanol–water partition coefficient (Wildman–Crippen LogP) is 1.53. The van der Waals surface area contributed by atoms with E-state index in [0.29, 0.717) is 11.3 Å². The van der Waals surface area contributed by atoms with Crippen molar-refractivity contribution in [1.82, 2.24) is 4.72 Å². The fraction of sp³-hybridized carbons (Fsp3) is 0.231. The van der Waals surface area contributed by atoms with E-state index < -0.39 is 10.0 Å². The minimum absolute atomic E-state index is 0.0291. The normalized spacial score (nSPS) is 14.6. The third-order valence-electron chi connectivity index (χ3n) is 2.72. The molecule has 0 heterocycles. The summed E-state index contributed by atoms with van der Waals surface area (Å²) >= 11 is 0. The molecular formula is C13H13NO2S. The number of hydrogen-bond acceptors (Lipinski definition) is 2. The van der Waals surface area contributed by atoms with Crippen LogP contribution in [0.25, 0.3) is 6.08 Å². The van der Waals surface area contributed by atoms with Crippen LogP contribution < -0.4 is 4.72 Å². The van der Waals surface area contributed by atoms with Crippen molar-refractivity contribution in [2.45, 2.75) is 12.8 Å². The molecule has 1 aliphatic carbocycles. The number of allylic oxidation sites excluding steroid dienone is 1. The number of rotatable bonds is 3. The first-order valence-electron chi connectivity index (χ1n) is 5.35. The van der Waals surface area contributed by atoms with Crippen molar-refractivity contribution in [2.75, 3.05) is 6.54 Å². The Kier molecular flexibility index (Phi) is 3.32. The first-order chi connectivity index (χ1) is 8.13. The standard InChI is InChI=1S/C13H13NO2S/c1-2-9-14-17(15,16)13-8-7-11-5-3-4-6-12(11)10-13/h1,3-6,10,14H,7-9H2. The van der Waals surface area contributed by atoms with Gasteiger partial charge in [0.25, 0.3) is 0 Å². The zero-order chi connectivity index (χ0) is 12.3. The highest BCUT2D eigenvalue weighted by Gasteiger charge is 2.20. The fourth-order valence-electron chi connectivity index (χ4n) is 1.85. The maximum absolute atomic E-state index is 11.9. The second kappa shape index (κ2) is 4.74. The van der Waals surface area contributed by atoms with E-state index in [1.165, 1.54) is 5.56 Å². The van der Waals surface area contributed by atoms with Gasteiger partial charge in [-0.15, -0.1) is 6.42 Å². The van der Waals surface area contributed by atoms with Gasteiger partial charge in [-0.05, 0) is 30.0 Å². The van der Waals surface area contributed by atoms with E-state index in [1.807, 2.05) is 24.3 Å². The largest absolute Gasteiger partial charge is 0.237 e. The molecule has 0 fully saturated rings. The molecule has 0 bridgehead atoms. The summed E-state index contributed by atoms with van der Waals surface area (Å²) in [6.45, 7) is 0.0291. The van der Waals surface area contributed by atoms with E-state index in [-0.39, 0.29) is 6.54 Å². The van der Waals surface area contributed by atoms with E-state index in [2.05, 4.69) is 10.6 Å². The van der Waals surface area contributed by atoms with Crippen LogP contribution >= 0.6 is 0 Å². The molecule has 17 heavy (non-hydrogen) atoms. The molecule has 0 spiro atoms. The topological polar surface area (TPSA) is 46.2 Å². The van der Waals surface area contributed by atoms with Crippen LogP contribution in [0.1, 0.15) is 17.5 Å². The lowest BCUT2D eigenvalue weighted by atomic mass is 9.98. The predicted molar refractivity (Wildman–Crippen MR) is 68.5 cm³/mol. The summed E-state index contributed by atoms with van der Waals surface area (Å²) in [5, 5.41) is 0. The van der Waals surface area contributed by atoms with Gasteiger partial charge in [-0.3, -0.25) is 0 Å². The molecule has 1 N–H and O–H groups in total. The average Bonchev–Trinajstić information content (AvgIpc) is 2.36. The lowest BCUT2D eigenvalue weighted by molar-refractivity contribution is 0.590. The summed E-state index contributed by atoms with van der Waals surface area (Å²) in [5.41, 5.74) is 2.16. The van der Waals surface area contributed by atoms with Gasteiger partial charge in [-0.1, -0.05) is 30.2 Å². The van der Waals surface area contributed by atoms with Crippen LogP contribution in [0.4, 0.5) is 0 Å². The Morgan fingerprint density at radius 3 is 2.82 bits per heavy atom. The molecule has 0 aromatic heterocycles. The number of benzene rings is 1. The SMILES string of the molecule is C#CCNS(=O)(=O)C1=Cc2ccccc2CC1. The Bertz CT molecular complexity index is 594. The lowest BCUT2D eigenvalue weighted by Gasteiger charge is -2.16. The van der Waals surface area contributed by atoms with Gasteiger partial charge in [0.1, 0.15) is 0 Å². The molecular weight excluding hydrogens is 234 g/mol. The van der Waals surface area contributed by atoms with Gasteiger partial charge in [-0.2, -0.15) is 4.72 Å². The number of fused-ring (bicyclic) bond motifs is 1. The molecule has 0 radical (unpaired) electrons. The van der Waals surface area contributed by atoms with Gasteiger partial charge in [-0.25, -0.2) is 8.42 Å². The van der Waals surface area contributed by atoms with Gasteiger partial charge in [0.15, 0.2) is 0 Å². The molecule has 0 saturated carbocycles. The molecule has 0 atom stereocenters. The summed E-state index contributed by atoms with van der Waals surface area (Å²) < 4.78 is 26.1. The van der Waals surface area contributed by atoms with Gasteiger partial charge in [0.05, 0.1) is 11.4 Å². The Labute approximate surface area is 102 Å². The highest BCUT2D eigenvalue weighted by atomic mass is 32.2. The van der Waals surface area contributed by atoms with Crippen molar-refractivity contribution in [3.63, 3.8) is 0 Å². The number of sulfonamides is 1. The zero-order valence-electron chi connectivity index (χ0n) is 9.31. The monoisotopic (exact) mass is 247 g/mol. The maximum Gasteiger partial charge on any atom is 0.237 e. The van der Waals surface area contributed by atoms with Crippen LogP contribution in [0, 0.1) is 12.3 Å². The smallest absolute Gasteiger partial charge is 0.207 e. The molecule has 3 nitrogen and oxygen atoms in total. The summed E-state index contributed by atoms with van der Waals surface area (Å²) in [6.07, 6.45) is 8.04. The van der Waals surface area contributed by atoms with Crippen LogP contribution in [0.3, 0.4) is 0 Å². The maximum atomic E-state index is 11.9. The summed E-state index contributed by atoms with van der Waals surface area (Å²) in [4.78, 5) is 0.409. The van der Waals surface area contributed by atoms with Gasteiger partial charge in [0.2, 0.25) is 10.0 Å². The molecule has 0 unspecified atom stereocenters. The third-order valence-corrected chi connectivity index (χ3v) is 4.26. The second-order valence-electron chi connectivity index (χ2n) is 3.84. The van der Waals surface area contributed by atoms with Gasteiger partial charge >= 0.3 is 0 Å². The summed E-state index contributed by atoms with van der Waals surface area (Å²) in [5.74, 6) is 2.26. The molecule has 0 aliphatic heterocycles. The quantitative estimate of drug-likeness (QED) is 0.823. The molecule has 4 heteroatoms. The molecule has 2 rings (SSSR count). The molecule has 0 amide bonds. The minimum Gasteiger partial charge on any atom is -0.207 e. The van der Waals surface area contributed by atoms with Crippen molar-refractivity contribution in [3.8, 4) is 12.3 Å². The Hall–Kier alpha value is -1.57. The Morgan fingerprint density at radius 1 is 1.29 bits per heavy atom. The second-order valence-corrected chi connectivity index (χ2v) is 5.66. The third kappa shape index (κ3) is 2.57. The molecule has 1 aliphatic rings. The number of hydrogen-bond donors (Lipinski definition) is 1. The number of terminal acetylenes is 1. The molecule has 1 aromatic carbocycles. The number of nitrogens with one attached hydrogen (secondary N) is 1. The average molecular weight is 247 g/mol. The Morgan fingerprint density at radius 2 is 2.06 bits per heavy atom. The first-order valence-corrected chi connectivity index (χ1v) is 6.83. The minimum atomic E-state index is -3.42. The summed E-state index contributed by atoms with van der Waals surface area (Å²) in [6, 6.07) is 7.80. The van der Waals surface area contributed by atoms with Crippen LogP contribution in [0.2, 0.25) is 0 Å². The highest BCUT2D eigenvalue weighted by Crippen LogP contribution is 2.26. The molecule has 88 valence electrons. The van der Waals surface area contributed by atoms with E-state index >= 15 is 0 Å². The first kappa shape index (κ1) is 11.9. The van der Waals surface area contributed by atoms with Crippen molar-refractivity contribution >= 4 is 16.1 Å². The molecule has 0 saturated heterocycles. The van der Waals surface area contributed by atoms with Gasteiger partial charge < -0.3 is 0 Å². The zero-order valence-corrected chi connectivity index (χ0v) is 10.1. The van der Waals surface area contributed by atoms with E-state index in [0.717, 1.165) is 12.0 Å². The van der Waals surface area contributed by atoms with E-state index in [9.17, 15) is 8.42 Å². The highest BCUT2D eigenvalue weighted by molar-refractivity contribution is 7.93. The van der Waals surface area contributed by atoms with Crippen LogP contribution in [0.15, 0.2) is 29.2 Å². The van der Waals surface area contributed by atoms with Crippen molar-refractivity contribution in [2.24, 2.45) is 0 Å². The van der Waals surface area contributed by atoms with Crippen LogP contribution in [-0.2, 0) is 16.4 Å². The van der Waals surface area contributed by atoms with Crippen LogP contribution in [0.5, 0.6) is 0 Å². The van der Waals surface area contributed by atoms with Crippen molar-refractivity contribution < 1.29 is 8.42 Å². The Balaban J connectivity index is 2.32.